The van der Waals surface area contributed by atoms with Crippen LogP contribution in [0.1, 0.15) is 12.8 Å². The van der Waals surface area contributed by atoms with Gasteiger partial charge >= 0.3 is 0 Å². The predicted molar refractivity (Wildman–Crippen MR) is 86.2 cm³/mol. The molecule has 2 aromatic rings. The van der Waals surface area contributed by atoms with Gasteiger partial charge in [0.25, 0.3) is 0 Å². The zero-order chi connectivity index (χ0) is 13.6. The molecule has 1 aliphatic carbocycles. The smallest absolute Gasteiger partial charge is 0.0385 e. The molecule has 2 nitrogen and oxygen atoms in total. The Hall–Kier alpha value is -2.48. The number of hydrogen-bond donors (Lipinski definition) is 2. The van der Waals surface area contributed by atoms with Gasteiger partial charge in [-0.2, -0.15) is 0 Å². The molecule has 2 heteroatoms. The molecule has 0 heterocycles. The fourth-order valence-electron chi connectivity index (χ4n) is 2.22. The molecule has 0 unspecified atom stereocenters. The molecule has 1 aliphatic rings. The molecule has 0 spiro atoms. The summed E-state index contributed by atoms with van der Waals surface area (Å²) in [7, 11) is 0. The van der Waals surface area contributed by atoms with E-state index in [-0.39, 0.29) is 0 Å². The second kappa shape index (κ2) is 6.11. The second-order valence-corrected chi connectivity index (χ2v) is 4.85. The summed E-state index contributed by atoms with van der Waals surface area (Å²) in [5, 5.41) is 6.84. The first kappa shape index (κ1) is 12.5. The molecule has 0 aliphatic heterocycles. The van der Waals surface area contributed by atoms with E-state index in [0.717, 1.165) is 29.9 Å². The summed E-state index contributed by atoms with van der Waals surface area (Å²) in [5.41, 5.74) is 4.61. The fraction of sp³-hybridized carbons (Fsp3) is 0.111. The van der Waals surface area contributed by atoms with Crippen LogP contribution in [0.25, 0.3) is 0 Å². The van der Waals surface area contributed by atoms with E-state index in [1.807, 2.05) is 18.2 Å². The number of allylic oxidation sites excluding steroid dienone is 4. The average Bonchev–Trinajstić information content (AvgIpc) is 2.51. The van der Waals surface area contributed by atoms with Gasteiger partial charge in [0.15, 0.2) is 0 Å². The van der Waals surface area contributed by atoms with Crippen molar-refractivity contribution in [3.8, 4) is 0 Å². The molecular formula is C18H18N2. The number of hydrogen-bond acceptors (Lipinski definition) is 2. The highest BCUT2D eigenvalue weighted by molar-refractivity contribution is 5.63. The molecule has 2 N–H and O–H groups in total. The Morgan fingerprint density at radius 2 is 1.35 bits per heavy atom. The van der Waals surface area contributed by atoms with Gasteiger partial charge in [0.2, 0.25) is 0 Å². The van der Waals surface area contributed by atoms with Gasteiger partial charge in [-0.3, -0.25) is 0 Å². The zero-order valence-corrected chi connectivity index (χ0v) is 11.3. The van der Waals surface area contributed by atoms with E-state index in [0.29, 0.717) is 0 Å². The van der Waals surface area contributed by atoms with Crippen molar-refractivity contribution in [1.82, 2.24) is 0 Å². The minimum absolute atomic E-state index is 1.08. The summed E-state index contributed by atoms with van der Waals surface area (Å²) >= 11 is 0. The molecule has 0 aromatic heterocycles. The molecule has 20 heavy (non-hydrogen) atoms. The average molecular weight is 262 g/mol. The molecule has 0 atom stereocenters. The van der Waals surface area contributed by atoms with Crippen LogP contribution in [0.2, 0.25) is 0 Å². The predicted octanol–water partition coefficient (Wildman–Crippen LogP) is 5.08. The van der Waals surface area contributed by atoms with Gasteiger partial charge < -0.3 is 10.6 Å². The number of anilines is 3. The number of benzene rings is 2. The second-order valence-electron chi connectivity index (χ2n) is 4.85. The normalized spacial score (nSPS) is 13.7. The van der Waals surface area contributed by atoms with Crippen molar-refractivity contribution >= 4 is 17.1 Å². The Balaban J connectivity index is 1.65. The highest BCUT2D eigenvalue weighted by Gasteiger charge is 2.00. The number of rotatable bonds is 4. The first-order valence-corrected chi connectivity index (χ1v) is 6.95. The van der Waals surface area contributed by atoms with E-state index in [4.69, 9.17) is 0 Å². The van der Waals surface area contributed by atoms with E-state index < -0.39 is 0 Å². The standard InChI is InChI=1S/C18H18N2/c1-3-7-15(8-4-1)19-17-11-13-18(14-12-17)20-16-9-5-2-6-10-16/h1-5,7-9,11-14,19-20H,6,10H2. The minimum atomic E-state index is 1.08. The molecule has 100 valence electrons. The van der Waals surface area contributed by atoms with Crippen LogP contribution >= 0.6 is 0 Å². The molecule has 0 radical (unpaired) electrons. The first-order valence-electron chi connectivity index (χ1n) is 6.95. The summed E-state index contributed by atoms with van der Waals surface area (Å²) in [6.07, 6.45) is 8.64. The Labute approximate surface area is 119 Å². The maximum absolute atomic E-state index is 3.45. The Bertz CT molecular complexity index is 610. The Morgan fingerprint density at radius 3 is 2.00 bits per heavy atom. The number of para-hydroxylation sites is 1. The first-order chi connectivity index (χ1) is 9.90. The van der Waals surface area contributed by atoms with Crippen molar-refractivity contribution in [1.29, 1.82) is 0 Å². The third-order valence-electron chi connectivity index (χ3n) is 3.27. The van der Waals surface area contributed by atoms with Crippen LogP contribution in [0.4, 0.5) is 17.1 Å². The minimum Gasteiger partial charge on any atom is -0.359 e. The lowest BCUT2D eigenvalue weighted by Crippen LogP contribution is -2.01. The van der Waals surface area contributed by atoms with Gasteiger partial charge in [-0.1, -0.05) is 30.4 Å². The van der Waals surface area contributed by atoms with Crippen LogP contribution in [-0.2, 0) is 0 Å². The van der Waals surface area contributed by atoms with Crippen LogP contribution in [0.3, 0.4) is 0 Å². The lowest BCUT2D eigenvalue weighted by atomic mass is 10.1. The van der Waals surface area contributed by atoms with Crippen LogP contribution in [0, 0.1) is 0 Å². The summed E-state index contributed by atoms with van der Waals surface area (Å²) in [4.78, 5) is 0. The zero-order valence-electron chi connectivity index (χ0n) is 11.3. The monoisotopic (exact) mass is 262 g/mol. The van der Waals surface area contributed by atoms with Crippen molar-refractivity contribution < 1.29 is 0 Å². The number of nitrogens with one attached hydrogen (secondary N) is 2. The summed E-state index contributed by atoms with van der Waals surface area (Å²) in [5.74, 6) is 0. The summed E-state index contributed by atoms with van der Waals surface area (Å²) in [6.45, 7) is 0. The maximum atomic E-state index is 3.45. The Morgan fingerprint density at radius 1 is 0.700 bits per heavy atom. The van der Waals surface area contributed by atoms with Gasteiger partial charge in [-0.25, -0.2) is 0 Å². The quantitative estimate of drug-likeness (QED) is 0.803. The van der Waals surface area contributed by atoms with E-state index in [2.05, 4.69) is 65.3 Å². The lowest BCUT2D eigenvalue weighted by Gasteiger charge is -2.13. The van der Waals surface area contributed by atoms with E-state index in [9.17, 15) is 0 Å². The van der Waals surface area contributed by atoms with Gasteiger partial charge in [0.1, 0.15) is 0 Å². The molecular weight excluding hydrogens is 244 g/mol. The fourth-order valence-corrected chi connectivity index (χ4v) is 2.22. The van der Waals surface area contributed by atoms with Gasteiger partial charge in [0.05, 0.1) is 0 Å². The highest BCUT2D eigenvalue weighted by atomic mass is 14.9. The van der Waals surface area contributed by atoms with E-state index >= 15 is 0 Å². The molecule has 0 bridgehead atoms. The van der Waals surface area contributed by atoms with Crippen molar-refractivity contribution in [3.05, 3.63) is 78.5 Å². The molecule has 0 saturated carbocycles. The van der Waals surface area contributed by atoms with Gasteiger partial charge in [-0.15, -0.1) is 0 Å². The van der Waals surface area contributed by atoms with Crippen LogP contribution in [0.5, 0.6) is 0 Å². The third-order valence-corrected chi connectivity index (χ3v) is 3.27. The van der Waals surface area contributed by atoms with Crippen molar-refractivity contribution in [2.45, 2.75) is 12.8 Å². The maximum Gasteiger partial charge on any atom is 0.0385 e. The molecule has 2 aromatic carbocycles. The van der Waals surface area contributed by atoms with Crippen LogP contribution < -0.4 is 10.6 Å². The van der Waals surface area contributed by atoms with Crippen molar-refractivity contribution in [3.63, 3.8) is 0 Å². The summed E-state index contributed by atoms with van der Waals surface area (Å²) < 4.78 is 0. The van der Waals surface area contributed by atoms with E-state index in [1.54, 1.807) is 0 Å². The van der Waals surface area contributed by atoms with Crippen molar-refractivity contribution in [2.24, 2.45) is 0 Å². The van der Waals surface area contributed by atoms with Gasteiger partial charge in [-0.05, 0) is 55.3 Å². The molecule has 0 amide bonds. The molecule has 3 rings (SSSR count). The van der Waals surface area contributed by atoms with Crippen molar-refractivity contribution in [2.75, 3.05) is 10.6 Å². The van der Waals surface area contributed by atoms with Crippen LogP contribution in [0.15, 0.2) is 78.5 Å². The third kappa shape index (κ3) is 3.29. The van der Waals surface area contributed by atoms with E-state index in [1.165, 1.54) is 5.70 Å². The van der Waals surface area contributed by atoms with Gasteiger partial charge in [0, 0.05) is 22.8 Å². The van der Waals surface area contributed by atoms with Crippen LogP contribution in [-0.4, -0.2) is 0 Å². The lowest BCUT2D eigenvalue weighted by molar-refractivity contribution is 0.967. The molecule has 0 fully saturated rings. The largest absolute Gasteiger partial charge is 0.359 e. The topological polar surface area (TPSA) is 24.1 Å². The Kier molecular flexibility index (Phi) is 3.83. The summed E-state index contributed by atoms with van der Waals surface area (Å²) in [6, 6.07) is 18.6. The molecule has 0 saturated heterocycles. The SMILES string of the molecule is C1=CCCC(Nc2ccc(Nc3ccccc3)cc2)=C1. The highest BCUT2D eigenvalue weighted by Crippen LogP contribution is 2.21.